The molecule has 0 bridgehead atoms. The van der Waals surface area contributed by atoms with Crippen molar-refractivity contribution in [2.24, 2.45) is 0 Å². The fourth-order valence-electron chi connectivity index (χ4n) is 3.59. The van der Waals surface area contributed by atoms with Gasteiger partial charge in [-0.3, -0.25) is 0 Å². The predicted octanol–water partition coefficient (Wildman–Crippen LogP) is 6.07. The molecular formula is C24H27F3N2O3S. The lowest BCUT2D eigenvalue weighted by molar-refractivity contribution is -0.137. The number of thiophene rings is 1. The molecular weight excluding hydrogens is 453 g/mol. The zero-order valence-corrected chi connectivity index (χ0v) is 19.6. The SMILES string of the molecule is CCOC(=O)c1c(N)sc2c(OCCN(CC)CC)c(-c3ccc(C(F)(F)F)cc3)ccc12. The highest BCUT2D eigenvalue weighted by atomic mass is 32.1. The molecule has 1 aromatic heterocycles. The van der Waals surface area contributed by atoms with E-state index < -0.39 is 17.7 Å². The summed E-state index contributed by atoms with van der Waals surface area (Å²) in [5.74, 6) is -0.0238. The van der Waals surface area contributed by atoms with Gasteiger partial charge in [0.1, 0.15) is 22.9 Å². The Kier molecular flexibility index (Phi) is 7.86. The Hall–Kier alpha value is -2.78. The van der Waals surface area contributed by atoms with E-state index in [0.717, 1.165) is 25.2 Å². The van der Waals surface area contributed by atoms with E-state index in [-0.39, 0.29) is 12.2 Å². The smallest absolute Gasteiger partial charge is 0.416 e. The van der Waals surface area contributed by atoms with Crippen molar-refractivity contribution in [1.29, 1.82) is 0 Å². The molecule has 2 aromatic carbocycles. The van der Waals surface area contributed by atoms with Crippen LogP contribution in [0.1, 0.15) is 36.7 Å². The molecule has 178 valence electrons. The number of hydrogen-bond donors (Lipinski definition) is 1. The summed E-state index contributed by atoms with van der Waals surface area (Å²) in [6.07, 6.45) is -4.41. The number of benzene rings is 2. The van der Waals surface area contributed by atoms with Crippen LogP contribution in [0.3, 0.4) is 0 Å². The molecule has 9 heteroatoms. The van der Waals surface area contributed by atoms with Gasteiger partial charge in [0.2, 0.25) is 0 Å². The van der Waals surface area contributed by atoms with Crippen molar-refractivity contribution < 1.29 is 27.4 Å². The molecule has 0 atom stereocenters. The van der Waals surface area contributed by atoms with Gasteiger partial charge in [-0.25, -0.2) is 4.79 Å². The minimum atomic E-state index is -4.41. The second kappa shape index (κ2) is 10.4. The van der Waals surface area contributed by atoms with E-state index >= 15 is 0 Å². The second-order valence-corrected chi connectivity index (χ2v) is 8.38. The van der Waals surface area contributed by atoms with Crippen LogP contribution in [0.15, 0.2) is 36.4 Å². The molecule has 2 N–H and O–H groups in total. The zero-order valence-electron chi connectivity index (χ0n) is 18.8. The van der Waals surface area contributed by atoms with Gasteiger partial charge in [-0.1, -0.05) is 32.0 Å². The number of nitrogens with zero attached hydrogens (tertiary/aromatic N) is 1. The fourth-order valence-corrected chi connectivity index (χ4v) is 4.65. The van der Waals surface area contributed by atoms with Crippen molar-refractivity contribution in [1.82, 2.24) is 4.90 Å². The van der Waals surface area contributed by atoms with Crippen molar-refractivity contribution in [3.63, 3.8) is 0 Å². The Labute approximate surface area is 194 Å². The lowest BCUT2D eigenvalue weighted by Gasteiger charge is -2.19. The highest BCUT2D eigenvalue weighted by Gasteiger charge is 2.30. The third-order valence-electron chi connectivity index (χ3n) is 5.39. The van der Waals surface area contributed by atoms with E-state index in [1.807, 2.05) is 0 Å². The maximum absolute atomic E-state index is 13.0. The minimum Gasteiger partial charge on any atom is -0.490 e. The molecule has 0 saturated heterocycles. The number of rotatable bonds is 9. The van der Waals surface area contributed by atoms with Gasteiger partial charge in [0, 0.05) is 17.5 Å². The number of carbonyl (C=O) groups excluding carboxylic acids is 1. The summed E-state index contributed by atoms with van der Waals surface area (Å²) in [5.41, 5.74) is 6.93. The first-order valence-corrected chi connectivity index (χ1v) is 11.6. The summed E-state index contributed by atoms with van der Waals surface area (Å²) in [6.45, 7) is 8.85. The van der Waals surface area contributed by atoms with Gasteiger partial charge in [-0.2, -0.15) is 13.2 Å². The van der Waals surface area contributed by atoms with Crippen LogP contribution in [-0.2, 0) is 10.9 Å². The van der Waals surface area contributed by atoms with Crippen LogP contribution in [0.2, 0.25) is 0 Å². The molecule has 3 aromatic rings. The zero-order chi connectivity index (χ0) is 24.2. The summed E-state index contributed by atoms with van der Waals surface area (Å²) >= 11 is 1.20. The van der Waals surface area contributed by atoms with E-state index in [0.29, 0.717) is 45.1 Å². The summed E-state index contributed by atoms with van der Waals surface area (Å²) in [5, 5.41) is 0.908. The van der Waals surface area contributed by atoms with Gasteiger partial charge in [0.15, 0.2) is 0 Å². The molecule has 0 aliphatic carbocycles. The summed E-state index contributed by atoms with van der Waals surface area (Å²) in [6, 6.07) is 8.41. The number of halogens is 3. The topological polar surface area (TPSA) is 64.8 Å². The average molecular weight is 481 g/mol. The van der Waals surface area contributed by atoms with Crippen LogP contribution in [-0.4, -0.2) is 43.7 Å². The number of anilines is 1. The monoisotopic (exact) mass is 480 g/mol. The maximum atomic E-state index is 13.0. The quantitative estimate of drug-likeness (QED) is 0.377. The van der Waals surface area contributed by atoms with Crippen molar-refractivity contribution in [3.8, 4) is 16.9 Å². The number of carbonyl (C=O) groups is 1. The Balaban J connectivity index is 2.09. The number of nitrogen functional groups attached to an aromatic ring is 1. The van der Waals surface area contributed by atoms with Crippen molar-refractivity contribution in [2.45, 2.75) is 26.9 Å². The molecule has 0 unspecified atom stereocenters. The fraction of sp³-hybridized carbons (Fsp3) is 0.375. The maximum Gasteiger partial charge on any atom is 0.416 e. The van der Waals surface area contributed by atoms with E-state index in [4.69, 9.17) is 15.2 Å². The van der Waals surface area contributed by atoms with Crippen molar-refractivity contribution in [2.75, 3.05) is 38.6 Å². The number of esters is 1. The van der Waals surface area contributed by atoms with Crippen molar-refractivity contribution >= 4 is 32.4 Å². The van der Waals surface area contributed by atoms with E-state index in [9.17, 15) is 18.0 Å². The first kappa shape index (κ1) is 24.9. The number of nitrogens with two attached hydrogens (primary N) is 1. The van der Waals surface area contributed by atoms with E-state index in [2.05, 4.69) is 18.7 Å². The summed E-state index contributed by atoms with van der Waals surface area (Å²) in [4.78, 5) is 14.7. The number of alkyl halides is 3. The average Bonchev–Trinajstić information content (AvgIpc) is 3.12. The molecule has 0 aliphatic rings. The first-order valence-electron chi connectivity index (χ1n) is 10.8. The van der Waals surface area contributed by atoms with Gasteiger partial charge in [-0.15, -0.1) is 11.3 Å². The Morgan fingerprint density at radius 2 is 1.73 bits per heavy atom. The third kappa shape index (κ3) is 5.42. The molecule has 0 saturated carbocycles. The van der Waals surface area contributed by atoms with Gasteiger partial charge >= 0.3 is 12.1 Å². The molecule has 33 heavy (non-hydrogen) atoms. The Morgan fingerprint density at radius 1 is 1.06 bits per heavy atom. The van der Waals surface area contributed by atoms with Gasteiger partial charge in [0.25, 0.3) is 0 Å². The van der Waals surface area contributed by atoms with E-state index in [1.165, 1.54) is 23.5 Å². The molecule has 3 rings (SSSR count). The number of likely N-dealkylation sites (N-methyl/N-ethyl adjacent to an activating group) is 1. The highest BCUT2D eigenvalue weighted by molar-refractivity contribution is 7.23. The lowest BCUT2D eigenvalue weighted by atomic mass is 10.0. The van der Waals surface area contributed by atoms with Crippen LogP contribution in [0.5, 0.6) is 5.75 Å². The van der Waals surface area contributed by atoms with E-state index in [1.54, 1.807) is 19.1 Å². The second-order valence-electron chi connectivity index (χ2n) is 7.33. The highest BCUT2D eigenvalue weighted by Crippen LogP contribution is 2.45. The molecule has 1 heterocycles. The Bertz CT molecular complexity index is 1110. The largest absolute Gasteiger partial charge is 0.490 e. The molecule has 0 fully saturated rings. The van der Waals surface area contributed by atoms with Crippen LogP contribution in [0.4, 0.5) is 18.2 Å². The molecule has 0 radical (unpaired) electrons. The standard InChI is InChI=1S/C24H27F3N2O3S/c1-4-29(5-2)13-14-32-20-17(15-7-9-16(10-8-15)24(25,26)27)11-12-18-19(23(30)31-6-3)22(28)33-21(18)20/h7-12H,4-6,13-14,28H2,1-3H3. The van der Waals surface area contributed by atoms with Crippen LogP contribution in [0, 0.1) is 0 Å². The van der Waals surface area contributed by atoms with Gasteiger partial charge in [-0.05, 0) is 43.8 Å². The molecule has 0 aliphatic heterocycles. The number of hydrogen-bond acceptors (Lipinski definition) is 6. The summed E-state index contributed by atoms with van der Waals surface area (Å²) < 4.78 is 51.1. The number of ether oxygens (including phenoxy) is 2. The lowest BCUT2D eigenvalue weighted by Crippen LogP contribution is -2.28. The first-order chi connectivity index (χ1) is 15.7. The van der Waals surface area contributed by atoms with Gasteiger partial charge < -0.3 is 20.1 Å². The van der Waals surface area contributed by atoms with Crippen LogP contribution >= 0.6 is 11.3 Å². The summed E-state index contributed by atoms with van der Waals surface area (Å²) in [7, 11) is 0. The van der Waals surface area contributed by atoms with Crippen LogP contribution < -0.4 is 10.5 Å². The number of fused-ring (bicyclic) bond motifs is 1. The van der Waals surface area contributed by atoms with Crippen LogP contribution in [0.25, 0.3) is 21.2 Å². The van der Waals surface area contributed by atoms with Crippen molar-refractivity contribution in [3.05, 3.63) is 47.5 Å². The molecule has 0 spiro atoms. The van der Waals surface area contributed by atoms with Gasteiger partial charge in [0.05, 0.1) is 16.9 Å². The normalized spacial score (nSPS) is 11.8. The third-order valence-corrected chi connectivity index (χ3v) is 6.42. The predicted molar refractivity (Wildman–Crippen MR) is 126 cm³/mol. The Morgan fingerprint density at radius 3 is 2.30 bits per heavy atom. The molecule has 5 nitrogen and oxygen atoms in total. The molecule has 0 amide bonds. The minimum absolute atomic E-state index is 0.215.